The summed E-state index contributed by atoms with van der Waals surface area (Å²) in [6.45, 7) is -0.0845. The second kappa shape index (κ2) is 8.84. The molecular formula is C14H24O12. The van der Waals surface area contributed by atoms with Crippen LogP contribution in [0.3, 0.4) is 0 Å². The highest BCUT2D eigenvalue weighted by atomic mass is 16.7. The highest BCUT2D eigenvalue weighted by Crippen LogP contribution is 2.26. The SMILES string of the molecule is CC(=O)O[C@H]1[C@@H](OC[C@H]2O[C@@H](O)[C@H](O)[C@@H](O)[C@@H]2O)O[C@H](CO)[C@H](O)[C@@H]1O. The number of esters is 1. The molecule has 2 heterocycles. The first-order valence-corrected chi connectivity index (χ1v) is 7.96. The standard InChI is InChI=1S/C14H24O12/c1-4(16)24-12-10(20)7(17)5(2-15)26-14(12)23-3-6-8(18)9(19)11(21)13(22)25-6/h5-15,17-22H,2-3H2,1H3/t5-,6-,7+,8-,9+,10+,11-,12-,13-,14+/m1/s1. The lowest BCUT2D eigenvalue weighted by atomic mass is 9.98. The summed E-state index contributed by atoms with van der Waals surface area (Å²) in [5, 5.41) is 67.6. The Hall–Kier alpha value is -0.930. The van der Waals surface area contributed by atoms with Gasteiger partial charge in [0.25, 0.3) is 0 Å². The second-order valence-electron chi connectivity index (χ2n) is 6.15. The lowest BCUT2D eigenvalue weighted by Crippen LogP contribution is -2.62. The minimum atomic E-state index is -1.77. The van der Waals surface area contributed by atoms with E-state index in [0.29, 0.717) is 0 Å². The Morgan fingerprint density at radius 1 is 0.885 bits per heavy atom. The van der Waals surface area contributed by atoms with Crippen LogP contribution in [0.15, 0.2) is 0 Å². The highest BCUT2D eigenvalue weighted by molar-refractivity contribution is 5.66. The minimum absolute atomic E-state index is 0.495. The van der Waals surface area contributed by atoms with E-state index in [0.717, 1.165) is 6.92 Å². The molecule has 2 rings (SSSR count). The number of aliphatic hydroxyl groups is 7. The molecule has 0 unspecified atom stereocenters. The van der Waals surface area contributed by atoms with Gasteiger partial charge in [-0.05, 0) is 0 Å². The van der Waals surface area contributed by atoms with E-state index in [2.05, 4.69) is 0 Å². The van der Waals surface area contributed by atoms with E-state index < -0.39 is 80.6 Å². The van der Waals surface area contributed by atoms with Crippen LogP contribution in [0.4, 0.5) is 0 Å². The molecule has 2 aliphatic heterocycles. The summed E-state index contributed by atoms with van der Waals surface area (Å²) in [6, 6.07) is 0. The van der Waals surface area contributed by atoms with Gasteiger partial charge in [-0.15, -0.1) is 0 Å². The summed E-state index contributed by atoms with van der Waals surface area (Å²) >= 11 is 0. The van der Waals surface area contributed by atoms with Crippen molar-refractivity contribution in [2.75, 3.05) is 13.2 Å². The summed E-state index contributed by atoms with van der Waals surface area (Å²) in [5.74, 6) is -0.788. The fourth-order valence-corrected chi connectivity index (χ4v) is 2.77. The Labute approximate surface area is 148 Å². The van der Waals surface area contributed by atoms with Gasteiger partial charge >= 0.3 is 5.97 Å². The van der Waals surface area contributed by atoms with Gasteiger partial charge in [-0.2, -0.15) is 0 Å². The van der Waals surface area contributed by atoms with Crippen LogP contribution in [0.25, 0.3) is 0 Å². The van der Waals surface area contributed by atoms with Gasteiger partial charge in [0.2, 0.25) is 0 Å². The van der Waals surface area contributed by atoms with Crippen LogP contribution < -0.4 is 0 Å². The zero-order chi connectivity index (χ0) is 19.6. The lowest BCUT2D eigenvalue weighted by molar-refractivity contribution is -0.327. The van der Waals surface area contributed by atoms with E-state index in [1.54, 1.807) is 0 Å². The topological polar surface area (TPSA) is 196 Å². The van der Waals surface area contributed by atoms with Crippen molar-refractivity contribution in [1.29, 1.82) is 0 Å². The molecule has 2 fully saturated rings. The summed E-state index contributed by atoms with van der Waals surface area (Å²) in [6.07, 6.45) is -15.3. The van der Waals surface area contributed by atoms with Crippen LogP contribution in [0.5, 0.6) is 0 Å². The highest BCUT2D eigenvalue weighted by Gasteiger charge is 2.48. The molecule has 10 atom stereocenters. The lowest BCUT2D eigenvalue weighted by Gasteiger charge is -2.42. The van der Waals surface area contributed by atoms with Crippen molar-refractivity contribution in [3.05, 3.63) is 0 Å². The molecule has 2 saturated heterocycles. The van der Waals surface area contributed by atoms with E-state index in [9.17, 15) is 40.5 Å². The van der Waals surface area contributed by atoms with Crippen LogP contribution >= 0.6 is 0 Å². The van der Waals surface area contributed by atoms with Gasteiger partial charge in [-0.1, -0.05) is 0 Å². The van der Waals surface area contributed by atoms with Gasteiger partial charge in [0.05, 0.1) is 13.2 Å². The molecule has 0 aromatic heterocycles. The Kier molecular flexibility index (Phi) is 7.27. The van der Waals surface area contributed by atoms with Crippen LogP contribution in [-0.2, 0) is 23.7 Å². The first-order chi connectivity index (χ1) is 12.2. The molecule has 0 spiro atoms. The third-order valence-corrected chi connectivity index (χ3v) is 4.24. The fraction of sp³-hybridized carbons (Fsp3) is 0.929. The van der Waals surface area contributed by atoms with Gasteiger partial charge in [-0.25, -0.2) is 0 Å². The zero-order valence-electron chi connectivity index (χ0n) is 13.9. The van der Waals surface area contributed by atoms with Crippen molar-refractivity contribution in [2.24, 2.45) is 0 Å². The van der Waals surface area contributed by atoms with Gasteiger partial charge < -0.3 is 54.7 Å². The Morgan fingerprint density at radius 2 is 1.50 bits per heavy atom. The van der Waals surface area contributed by atoms with Crippen molar-refractivity contribution < 1.29 is 59.5 Å². The molecule has 0 aliphatic carbocycles. The number of carbonyl (C=O) groups is 1. The molecule has 26 heavy (non-hydrogen) atoms. The molecule has 0 radical (unpaired) electrons. The van der Waals surface area contributed by atoms with E-state index in [1.165, 1.54) is 0 Å². The molecule has 12 heteroatoms. The van der Waals surface area contributed by atoms with Gasteiger partial charge in [0, 0.05) is 6.92 Å². The normalized spacial score (nSPS) is 46.8. The Bertz CT molecular complexity index is 475. The number of hydrogen-bond donors (Lipinski definition) is 7. The van der Waals surface area contributed by atoms with E-state index >= 15 is 0 Å². The Morgan fingerprint density at radius 3 is 2.08 bits per heavy atom. The summed E-state index contributed by atoms with van der Waals surface area (Å²) in [4.78, 5) is 11.2. The van der Waals surface area contributed by atoms with Crippen molar-refractivity contribution >= 4 is 5.97 Å². The largest absolute Gasteiger partial charge is 0.454 e. The van der Waals surface area contributed by atoms with Crippen molar-refractivity contribution in [2.45, 2.75) is 68.3 Å². The average Bonchev–Trinajstić information content (AvgIpc) is 2.60. The smallest absolute Gasteiger partial charge is 0.303 e. The van der Waals surface area contributed by atoms with Gasteiger partial charge in [-0.3, -0.25) is 4.79 Å². The van der Waals surface area contributed by atoms with Crippen LogP contribution in [0.1, 0.15) is 6.92 Å². The maximum atomic E-state index is 11.2. The summed E-state index contributed by atoms with van der Waals surface area (Å²) in [5.41, 5.74) is 0. The van der Waals surface area contributed by atoms with Crippen LogP contribution in [-0.4, -0.2) is 116 Å². The maximum absolute atomic E-state index is 11.2. The van der Waals surface area contributed by atoms with Crippen LogP contribution in [0, 0.1) is 0 Å². The first kappa shape index (κ1) is 21.4. The van der Waals surface area contributed by atoms with Gasteiger partial charge in [0.15, 0.2) is 18.7 Å². The molecule has 0 aromatic rings. The Balaban J connectivity index is 2.05. The van der Waals surface area contributed by atoms with E-state index in [-0.39, 0.29) is 0 Å². The van der Waals surface area contributed by atoms with Crippen molar-refractivity contribution in [3.8, 4) is 0 Å². The molecule has 12 nitrogen and oxygen atoms in total. The molecule has 0 bridgehead atoms. The number of aliphatic hydroxyl groups excluding tert-OH is 7. The predicted octanol–water partition coefficient (Wildman–Crippen LogP) is -4.83. The molecule has 0 aromatic carbocycles. The van der Waals surface area contributed by atoms with Crippen molar-refractivity contribution in [1.82, 2.24) is 0 Å². The summed E-state index contributed by atoms with van der Waals surface area (Å²) in [7, 11) is 0. The molecule has 2 aliphatic rings. The van der Waals surface area contributed by atoms with Crippen LogP contribution in [0.2, 0.25) is 0 Å². The quantitative estimate of drug-likeness (QED) is 0.224. The molecule has 152 valence electrons. The molecular weight excluding hydrogens is 360 g/mol. The molecule has 7 N–H and O–H groups in total. The second-order valence-corrected chi connectivity index (χ2v) is 6.15. The zero-order valence-corrected chi connectivity index (χ0v) is 13.9. The van der Waals surface area contributed by atoms with E-state index in [1.807, 2.05) is 0 Å². The average molecular weight is 384 g/mol. The first-order valence-electron chi connectivity index (χ1n) is 7.96. The third-order valence-electron chi connectivity index (χ3n) is 4.24. The monoisotopic (exact) mass is 384 g/mol. The fourth-order valence-electron chi connectivity index (χ4n) is 2.77. The number of carbonyl (C=O) groups excluding carboxylic acids is 1. The molecule has 0 amide bonds. The molecule has 0 saturated carbocycles. The third kappa shape index (κ3) is 4.48. The number of rotatable bonds is 5. The number of hydrogen-bond acceptors (Lipinski definition) is 12. The number of ether oxygens (including phenoxy) is 4. The predicted molar refractivity (Wildman–Crippen MR) is 78.2 cm³/mol. The maximum Gasteiger partial charge on any atom is 0.303 e. The summed E-state index contributed by atoms with van der Waals surface area (Å²) < 4.78 is 20.4. The van der Waals surface area contributed by atoms with E-state index in [4.69, 9.17) is 18.9 Å². The minimum Gasteiger partial charge on any atom is -0.454 e. The van der Waals surface area contributed by atoms with Crippen molar-refractivity contribution in [3.63, 3.8) is 0 Å². The van der Waals surface area contributed by atoms with Gasteiger partial charge in [0.1, 0.15) is 42.7 Å².